The van der Waals surface area contributed by atoms with Crippen LogP contribution in [0.4, 0.5) is 13.2 Å². The molecule has 9 heteroatoms. The minimum Gasteiger partial charge on any atom is -0.347 e. The number of fused-ring (bicyclic) bond motifs is 1. The van der Waals surface area contributed by atoms with Crippen LogP contribution in [-0.4, -0.2) is 44.9 Å². The third-order valence-corrected chi connectivity index (χ3v) is 5.68. The summed E-state index contributed by atoms with van der Waals surface area (Å²) in [6.45, 7) is 0.312. The second kappa shape index (κ2) is 9.06. The Hall–Kier alpha value is -2.23. The number of benzene rings is 1. The molecule has 5 nitrogen and oxygen atoms in total. The number of nitrogens with one attached hydrogen (secondary N) is 1. The SMILES string of the molecule is CN(C)S(=O)NCCc1cn(CCC(F)(F)F)c2cc(-c3ccncc3)ccc12. The Kier molecular flexibility index (Phi) is 6.71. The predicted molar refractivity (Wildman–Crippen MR) is 109 cm³/mol. The van der Waals surface area contributed by atoms with Gasteiger partial charge in [-0.2, -0.15) is 13.2 Å². The van der Waals surface area contributed by atoms with Crippen molar-refractivity contribution in [2.75, 3.05) is 20.6 Å². The van der Waals surface area contributed by atoms with Gasteiger partial charge >= 0.3 is 6.18 Å². The van der Waals surface area contributed by atoms with Gasteiger partial charge in [0.15, 0.2) is 11.2 Å². The third kappa shape index (κ3) is 5.65. The molecular formula is C20H23F3N4OS. The molecule has 0 amide bonds. The highest BCUT2D eigenvalue weighted by molar-refractivity contribution is 7.80. The number of pyridine rings is 1. The Morgan fingerprint density at radius 3 is 2.52 bits per heavy atom. The van der Waals surface area contributed by atoms with E-state index in [1.54, 1.807) is 41.6 Å². The first-order valence-corrected chi connectivity index (χ1v) is 10.3. The van der Waals surface area contributed by atoms with Gasteiger partial charge in [0.1, 0.15) is 0 Å². The molecule has 0 bridgehead atoms. The molecule has 1 atom stereocenters. The van der Waals surface area contributed by atoms with Crippen molar-refractivity contribution in [2.24, 2.45) is 0 Å². The van der Waals surface area contributed by atoms with Crippen molar-refractivity contribution in [1.29, 1.82) is 0 Å². The van der Waals surface area contributed by atoms with Crippen molar-refractivity contribution in [3.05, 3.63) is 54.5 Å². The van der Waals surface area contributed by atoms with E-state index < -0.39 is 23.8 Å². The number of hydrogen-bond donors (Lipinski definition) is 1. The van der Waals surface area contributed by atoms with Gasteiger partial charge in [-0.05, 0) is 41.3 Å². The second-order valence-corrected chi connectivity index (χ2v) is 8.40. The molecule has 3 rings (SSSR count). The molecule has 1 N–H and O–H groups in total. The van der Waals surface area contributed by atoms with E-state index in [9.17, 15) is 17.4 Å². The monoisotopic (exact) mass is 424 g/mol. The maximum absolute atomic E-state index is 12.8. The zero-order valence-electron chi connectivity index (χ0n) is 16.2. The number of alkyl halides is 3. The summed E-state index contributed by atoms with van der Waals surface area (Å²) >= 11 is -1.29. The number of rotatable bonds is 8. The van der Waals surface area contributed by atoms with Crippen molar-refractivity contribution in [2.45, 2.75) is 25.6 Å². The van der Waals surface area contributed by atoms with Crippen LogP contribution in [0.3, 0.4) is 0 Å². The van der Waals surface area contributed by atoms with E-state index in [4.69, 9.17) is 0 Å². The molecule has 0 radical (unpaired) electrons. The van der Waals surface area contributed by atoms with E-state index in [1.807, 2.05) is 30.3 Å². The number of hydrogen-bond acceptors (Lipinski definition) is 2. The lowest BCUT2D eigenvalue weighted by Crippen LogP contribution is -2.30. The first-order valence-electron chi connectivity index (χ1n) is 9.16. The normalized spacial score (nSPS) is 13.3. The number of aryl methyl sites for hydroxylation is 1. The minimum atomic E-state index is -4.22. The fraction of sp³-hybridized carbons (Fsp3) is 0.350. The van der Waals surface area contributed by atoms with E-state index in [0.717, 1.165) is 27.6 Å². The quantitative estimate of drug-likeness (QED) is 0.596. The first kappa shape index (κ1) is 21.5. The average molecular weight is 424 g/mol. The molecule has 0 saturated carbocycles. The molecule has 3 aromatic rings. The van der Waals surface area contributed by atoms with Crippen LogP contribution in [0.5, 0.6) is 0 Å². The van der Waals surface area contributed by atoms with E-state index in [0.29, 0.717) is 13.0 Å². The van der Waals surface area contributed by atoms with Gasteiger partial charge in [-0.3, -0.25) is 4.98 Å². The molecular weight excluding hydrogens is 401 g/mol. The van der Waals surface area contributed by atoms with E-state index in [2.05, 4.69) is 9.71 Å². The van der Waals surface area contributed by atoms with Crippen molar-refractivity contribution in [3.63, 3.8) is 0 Å². The van der Waals surface area contributed by atoms with Crippen LogP contribution < -0.4 is 4.72 Å². The molecule has 2 aromatic heterocycles. The van der Waals surface area contributed by atoms with Gasteiger partial charge in [-0.1, -0.05) is 12.1 Å². The largest absolute Gasteiger partial charge is 0.390 e. The van der Waals surface area contributed by atoms with Crippen LogP contribution in [0.15, 0.2) is 48.9 Å². The molecule has 29 heavy (non-hydrogen) atoms. The Morgan fingerprint density at radius 1 is 1.14 bits per heavy atom. The summed E-state index contributed by atoms with van der Waals surface area (Å²) in [4.78, 5) is 4.01. The Morgan fingerprint density at radius 2 is 1.86 bits per heavy atom. The topological polar surface area (TPSA) is 50.2 Å². The highest BCUT2D eigenvalue weighted by atomic mass is 32.2. The molecule has 2 heterocycles. The summed E-state index contributed by atoms with van der Waals surface area (Å²) < 4.78 is 56.3. The van der Waals surface area contributed by atoms with Gasteiger partial charge in [-0.25, -0.2) is 13.2 Å². The van der Waals surface area contributed by atoms with Gasteiger partial charge in [0.25, 0.3) is 0 Å². The van der Waals surface area contributed by atoms with Crippen LogP contribution in [0.2, 0.25) is 0 Å². The average Bonchev–Trinajstić information content (AvgIpc) is 3.03. The maximum atomic E-state index is 12.8. The smallest absolute Gasteiger partial charge is 0.347 e. The lowest BCUT2D eigenvalue weighted by atomic mass is 10.0. The highest BCUT2D eigenvalue weighted by Crippen LogP contribution is 2.29. The molecule has 156 valence electrons. The molecule has 0 aliphatic rings. The van der Waals surface area contributed by atoms with Crippen LogP contribution in [-0.2, 0) is 24.1 Å². The molecule has 0 fully saturated rings. The van der Waals surface area contributed by atoms with Crippen LogP contribution in [0.1, 0.15) is 12.0 Å². The fourth-order valence-corrected chi connectivity index (χ4v) is 3.66. The summed E-state index contributed by atoms with van der Waals surface area (Å²) in [5.74, 6) is 0. The number of nitrogens with zero attached hydrogens (tertiary/aromatic N) is 3. The van der Waals surface area contributed by atoms with Gasteiger partial charge in [0.05, 0.1) is 6.42 Å². The number of aromatic nitrogens is 2. The van der Waals surface area contributed by atoms with Gasteiger partial charge in [-0.15, -0.1) is 0 Å². The van der Waals surface area contributed by atoms with E-state index in [-0.39, 0.29) is 6.54 Å². The molecule has 0 saturated heterocycles. The molecule has 1 unspecified atom stereocenters. The molecule has 0 aliphatic heterocycles. The lowest BCUT2D eigenvalue weighted by molar-refractivity contribution is -0.136. The van der Waals surface area contributed by atoms with E-state index >= 15 is 0 Å². The van der Waals surface area contributed by atoms with Crippen molar-refractivity contribution in [1.82, 2.24) is 18.6 Å². The van der Waals surface area contributed by atoms with Gasteiger partial charge in [0, 0.05) is 56.7 Å². The Balaban J connectivity index is 1.91. The summed E-state index contributed by atoms with van der Waals surface area (Å²) in [7, 11) is 3.40. The minimum absolute atomic E-state index is 0.142. The van der Waals surface area contributed by atoms with Gasteiger partial charge < -0.3 is 4.57 Å². The van der Waals surface area contributed by atoms with Crippen LogP contribution in [0.25, 0.3) is 22.0 Å². The van der Waals surface area contributed by atoms with Crippen molar-refractivity contribution >= 4 is 22.1 Å². The zero-order valence-corrected chi connectivity index (χ0v) is 17.1. The predicted octanol–water partition coefficient (Wildman–Crippen LogP) is 3.93. The van der Waals surface area contributed by atoms with Crippen molar-refractivity contribution in [3.8, 4) is 11.1 Å². The lowest BCUT2D eigenvalue weighted by Gasteiger charge is -2.09. The third-order valence-electron chi connectivity index (χ3n) is 4.57. The molecule has 0 spiro atoms. The summed E-state index contributed by atoms with van der Waals surface area (Å²) in [6.07, 6.45) is 0.591. The first-order chi connectivity index (χ1) is 13.7. The fourth-order valence-electron chi connectivity index (χ4n) is 3.13. The van der Waals surface area contributed by atoms with Gasteiger partial charge in [0.2, 0.25) is 0 Å². The van der Waals surface area contributed by atoms with Crippen LogP contribution in [0, 0.1) is 0 Å². The van der Waals surface area contributed by atoms with Crippen LogP contribution >= 0.6 is 0 Å². The second-order valence-electron chi connectivity index (χ2n) is 6.89. The molecule has 0 aliphatic carbocycles. The molecule has 1 aromatic carbocycles. The summed E-state index contributed by atoms with van der Waals surface area (Å²) in [5.41, 5.74) is 3.55. The highest BCUT2D eigenvalue weighted by Gasteiger charge is 2.27. The zero-order chi connectivity index (χ0) is 21.0. The summed E-state index contributed by atoms with van der Waals surface area (Å²) in [6, 6.07) is 9.54. The van der Waals surface area contributed by atoms with E-state index in [1.165, 1.54) is 0 Å². The number of halogens is 3. The standard InChI is InChI=1S/C20H23F3N4OS/c1-26(2)29(28)25-11-7-17-14-27(12-8-20(21,22)23)19-13-16(3-4-18(17)19)15-5-9-24-10-6-15/h3-6,9-10,13-14,25H,7-8,11-12H2,1-2H3. The Labute approximate surface area is 170 Å². The Bertz CT molecular complexity index is 987. The van der Waals surface area contributed by atoms with Crippen molar-refractivity contribution < 1.29 is 17.4 Å². The summed E-state index contributed by atoms with van der Waals surface area (Å²) in [5, 5.41) is 0.905. The maximum Gasteiger partial charge on any atom is 0.390 e.